The van der Waals surface area contributed by atoms with E-state index in [1.807, 2.05) is 53.4 Å². The van der Waals surface area contributed by atoms with Crippen LogP contribution in [0.15, 0.2) is 78.8 Å². The topological polar surface area (TPSA) is 78.3 Å². The zero-order chi connectivity index (χ0) is 17.9. The van der Waals surface area contributed by atoms with Gasteiger partial charge in [0, 0.05) is 23.6 Å². The van der Waals surface area contributed by atoms with Crippen molar-refractivity contribution >= 4 is 28.9 Å². The molecule has 0 saturated heterocycles. The van der Waals surface area contributed by atoms with Crippen LogP contribution < -0.4 is 10.2 Å². The van der Waals surface area contributed by atoms with Gasteiger partial charge in [-0.15, -0.1) is 0 Å². The second kappa shape index (κ2) is 6.68. The van der Waals surface area contributed by atoms with E-state index in [-0.39, 0.29) is 17.9 Å². The van der Waals surface area contributed by atoms with Crippen LogP contribution >= 0.6 is 0 Å². The lowest BCUT2D eigenvalue weighted by molar-refractivity contribution is -0.112. The Morgan fingerprint density at radius 2 is 1.81 bits per heavy atom. The molecule has 6 heteroatoms. The van der Waals surface area contributed by atoms with E-state index in [1.54, 1.807) is 6.07 Å². The summed E-state index contributed by atoms with van der Waals surface area (Å²) in [4.78, 5) is 22.7. The van der Waals surface area contributed by atoms with Crippen LogP contribution in [0.2, 0.25) is 0 Å². The van der Waals surface area contributed by atoms with Crippen molar-refractivity contribution in [2.24, 2.45) is 0 Å². The zero-order valence-corrected chi connectivity index (χ0v) is 13.8. The first-order valence-electron chi connectivity index (χ1n) is 8.15. The van der Waals surface area contributed by atoms with Crippen molar-refractivity contribution < 1.29 is 9.90 Å². The minimum atomic E-state index is -0.404. The maximum Gasteiger partial charge on any atom is 0.258 e. The number of carbonyl (C=O) groups is 1. The van der Waals surface area contributed by atoms with Gasteiger partial charge >= 0.3 is 0 Å². The maximum atomic E-state index is 12.7. The van der Waals surface area contributed by atoms with Crippen LogP contribution in [0.5, 0.6) is 0 Å². The normalized spacial score (nSPS) is 13.3. The Balaban J connectivity index is 1.74. The molecule has 0 aliphatic carbocycles. The van der Waals surface area contributed by atoms with Crippen molar-refractivity contribution in [3.8, 4) is 0 Å². The van der Waals surface area contributed by atoms with Gasteiger partial charge in [0.1, 0.15) is 5.76 Å². The first-order chi connectivity index (χ1) is 12.7. The molecule has 1 aliphatic rings. The molecule has 0 saturated carbocycles. The molecule has 4 rings (SSSR count). The average molecular weight is 344 g/mol. The molecule has 1 amide bonds. The molecule has 0 bridgehead atoms. The second-order valence-corrected chi connectivity index (χ2v) is 5.81. The number of rotatable bonds is 3. The Morgan fingerprint density at radius 3 is 2.58 bits per heavy atom. The van der Waals surface area contributed by atoms with Crippen LogP contribution in [0.1, 0.15) is 5.56 Å². The number of para-hydroxylation sites is 2. The highest BCUT2D eigenvalue weighted by atomic mass is 16.3. The fourth-order valence-electron chi connectivity index (χ4n) is 2.96. The average Bonchev–Trinajstić information content (AvgIpc) is 2.70. The fourth-order valence-corrected chi connectivity index (χ4v) is 2.96. The van der Waals surface area contributed by atoms with Crippen LogP contribution in [-0.2, 0) is 4.79 Å². The van der Waals surface area contributed by atoms with E-state index in [0.29, 0.717) is 11.4 Å². The standard InChI is InChI=1S/C20H16N4O2/c25-19-15-8-4-5-9-17(15)24(14-6-2-1-3-7-14)13-16(19)20(26)23-18-12-21-10-11-22-18/h1-12,25H,13H2,(H,22,23,26). The van der Waals surface area contributed by atoms with Crippen molar-refractivity contribution in [1.82, 2.24) is 9.97 Å². The van der Waals surface area contributed by atoms with E-state index < -0.39 is 5.91 Å². The molecule has 1 aliphatic heterocycles. The summed E-state index contributed by atoms with van der Waals surface area (Å²) in [5.74, 6) is -0.0875. The molecule has 2 N–H and O–H groups in total. The molecule has 0 atom stereocenters. The van der Waals surface area contributed by atoms with Gasteiger partial charge in [-0.05, 0) is 24.3 Å². The van der Waals surface area contributed by atoms with Gasteiger partial charge in [0.2, 0.25) is 0 Å². The summed E-state index contributed by atoms with van der Waals surface area (Å²) >= 11 is 0. The highest BCUT2D eigenvalue weighted by molar-refractivity contribution is 6.10. The number of aliphatic hydroxyl groups excluding tert-OH is 1. The lowest BCUT2D eigenvalue weighted by atomic mass is 9.99. The monoisotopic (exact) mass is 344 g/mol. The number of nitrogens with one attached hydrogen (secondary N) is 1. The van der Waals surface area contributed by atoms with Crippen molar-refractivity contribution in [3.63, 3.8) is 0 Å². The summed E-state index contributed by atoms with van der Waals surface area (Å²) in [5, 5.41) is 13.4. The van der Waals surface area contributed by atoms with Crippen LogP contribution in [-0.4, -0.2) is 27.5 Å². The molecular weight excluding hydrogens is 328 g/mol. The lowest BCUT2D eigenvalue weighted by Gasteiger charge is -2.32. The number of carbonyl (C=O) groups excluding carboxylic acids is 1. The van der Waals surface area contributed by atoms with Gasteiger partial charge in [0.05, 0.1) is 24.0 Å². The molecule has 0 unspecified atom stereocenters. The highest BCUT2D eigenvalue weighted by Crippen LogP contribution is 2.37. The number of anilines is 3. The number of aliphatic hydroxyl groups is 1. The van der Waals surface area contributed by atoms with Crippen LogP contribution in [0, 0.1) is 0 Å². The highest BCUT2D eigenvalue weighted by Gasteiger charge is 2.29. The quantitative estimate of drug-likeness (QED) is 0.760. The number of nitrogens with zero attached hydrogens (tertiary/aromatic N) is 3. The van der Waals surface area contributed by atoms with E-state index in [2.05, 4.69) is 15.3 Å². The Labute approximate surface area is 150 Å². The first-order valence-corrected chi connectivity index (χ1v) is 8.15. The third kappa shape index (κ3) is 2.88. The molecule has 0 fully saturated rings. The number of benzene rings is 2. The van der Waals surface area contributed by atoms with Crippen molar-refractivity contribution in [3.05, 3.63) is 84.3 Å². The van der Waals surface area contributed by atoms with Crippen LogP contribution in [0.3, 0.4) is 0 Å². The van der Waals surface area contributed by atoms with Gasteiger partial charge in [0.15, 0.2) is 5.82 Å². The third-order valence-corrected chi connectivity index (χ3v) is 4.20. The maximum absolute atomic E-state index is 12.7. The smallest absolute Gasteiger partial charge is 0.258 e. The molecule has 2 heterocycles. The Kier molecular flexibility index (Phi) is 4.07. The minimum Gasteiger partial charge on any atom is -0.507 e. The van der Waals surface area contributed by atoms with E-state index in [1.165, 1.54) is 18.6 Å². The van der Waals surface area contributed by atoms with Gasteiger partial charge in [0.25, 0.3) is 5.91 Å². The Morgan fingerprint density at radius 1 is 1.04 bits per heavy atom. The van der Waals surface area contributed by atoms with Gasteiger partial charge in [-0.25, -0.2) is 4.98 Å². The van der Waals surface area contributed by atoms with E-state index >= 15 is 0 Å². The van der Waals surface area contributed by atoms with Gasteiger partial charge in [-0.1, -0.05) is 30.3 Å². The summed E-state index contributed by atoms with van der Waals surface area (Å²) in [6, 6.07) is 17.2. The van der Waals surface area contributed by atoms with Crippen molar-refractivity contribution in [1.29, 1.82) is 0 Å². The molecule has 26 heavy (non-hydrogen) atoms. The van der Waals surface area contributed by atoms with Gasteiger partial charge < -0.3 is 15.3 Å². The minimum absolute atomic E-state index is 0.0193. The zero-order valence-electron chi connectivity index (χ0n) is 13.8. The van der Waals surface area contributed by atoms with Crippen molar-refractivity contribution in [2.75, 3.05) is 16.8 Å². The predicted octanol–water partition coefficient (Wildman–Crippen LogP) is 3.54. The number of hydrogen-bond donors (Lipinski definition) is 2. The number of aromatic nitrogens is 2. The predicted molar refractivity (Wildman–Crippen MR) is 100 cm³/mol. The van der Waals surface area contributed by atoms with Crippen molar-refractivity contribution in [2.45, 2.75) is 0 Å². The molecular formula is C20H16N4O2. The Hall–Kier alpha value is -3.67. The van der Waals surface area contributed by atoms with E-state index in [4.69, 9.17) is 0 Å². The molecule has 3 aromatic rings. The van der Waals surface area contributed by atoms with Gasteiger partial charge in [-0.3, -0.25) is 9.78 Å². The fraction of sp³-hybridized carbons (Fsp3) is 0.0500. The summed E-state index contributed by atoms with van der Waals surface area (Å²) < 4.78 is 0. The van der Waals surface area contributed by atoms with Gasteiger partial charge in [-0.2, -0.15) is 0 Å². The SMILES string of the molecule is O=C(Nc1cnccn1)C1=C(O)c2ccccc2N(c2ccccc2)C1. The summed E-state index contributed by atoms with van der Waals surface area (Å²) in [7, 11) is 0. The van der Waals surface area contributed by atoms with E-state index in [9.17, 15) is 9.90 Å². The number of hydrogen-bond acceptors (Lipinski definition) is 5. The van der Waals surface area contributed by atoms with Crippen LogP contribution in [0.4, 0.5) is 17.2 Å². The number of amides is 1. The molecule has 128 valence electrons. The molecule has 0 spiro atoms. The largest absolute Gasteiger partial charge is 0.507 e. The summed E-state index contributed by atoms with van der Waals surface area (Å²) in [6.07, 6.45) is 4.48. The molecule has 6 nitrogen and oxygen atoms in total. The lowest BCUT2D eigenvalue weighted by Crippen LogP contribution is -2.31. The first kappa shape index (κ1) is 15.8. The van der Waals surface area contributed by atoms with E-state index in [0.717, 1.165) is 11.4 Å². The summed E-state index contributed by atoms with van der Waals surface area (Å²) in [6.45, 7) is 0.249. The third-order valence-electron chi connectivity index (χ3n) is 4.20. The molecule has 0 radical (unpaired) electrons. The molecule has 2 aromatic carbocycles. The number of fused-ring (bicyclic) bond motifs is 1. The second-order valence-electron chi connectivity index (χ2n) is 5.81. The summed E-state index contributed by atoms with van der Waals surface area (Å²) in [5.41, 5.74) is 2.69. The van der Waals surface area contributed by atoms with Crippen LogP contribution in [0.25, 0.3) is 5.76 Å². The Bertz CT molecular complexity index is 971. The molecule has 1 aromatic heterocycles.